The number of aromatic nitrogens is 1. The first kappa shape index (κ1) is 14.2. The lowest BCUT2D eigenvalue weighted by Gasteiger charge is -2.15. The van der Waals surface area contributed by atoms with Gasteiger partial charge in [0.25, 0.3) is 0 Å². The summed E-state index contributed by atoms with van der Waals surface area (Å²) in [5.41, 5.74) is 3.49. The molecule has 2 aromatic rings. The Morgan fingerprint density at radius 2 is 1.80 bits per heavy atom. The highest BCUT2D eigenvalue weighted by Crippen LogP contribution is 2.31. The van der Waals surface area contributed by atoms with Crippen molar-refractivity contribution >= 4 is 5.78 Å². The van der Waals surface area contributed by atoms with Gasteiger partial charge in [0.05, 0.1) is 19.9 Å². The molecule has 0 amide bonds. The van der Waals surface area contributed by atoms with E-state index in [9.17, 15) is 4.79 Å². The normalized spacial score (nSPS) is 10.4. The van der Waals surface area contributed by atoms with Gasteiger partial charge in [-0.1, -0.05) is 0 Å². The first-order valence-electron chi connectivity index (χ1n) is 6.42. The zero-order chi connectivity index (χ0) is 14.9. The maximum atomic E-state index is 11.7. The third kappa shape index (κ3) is 2.29. The standard InChI is InChI=1S/C16H19NO3/c1-10-8-14(12(3)18)11(2)17(10)15-9-13(19-4)6-7-16(15)20-5/h6-9H,1-5H3. The Morgan fingerprint density at radius 3 is 2.30 bits per heavy atom. The number of aryl methyl sites for hydroxylation is 1. The van der Waals surface area contributed by atoms with Crippen LogP contribution in [-0.2, 0) is 0 Å². The molecule has 1 aromatic carbocycles. The van der Waals surface area contributed by atoms with E-state index in [0.29, 0.717) is 0 Å². The third-order valence-electron chi connectivity index (χ3n) is 3.44. The van der Waals surface area contributed by atoms with Crippen molar-refractivity contribution in [3.05, 3.63) is 41.2 Å². The number of methoxy groups -OCH3 is 2. The van der Waals surface area contributed by atoms with Crippen LogP contribution in [0.2, 0.25) is 0 Å². The largest absolute Gasteiger partial charge is 0.497 e. The fraction of sp³-hybridized carbons (Fsp3) is 0.312. The average Bonchev–Trinajstić information content (AvgIpc) is 2.73. The highest BCUT2D eigenvalue weighted by molar-refractivity contribution is 5.95. The van der Waals surface area contributed by atoms with Crippen molar-refractivity contribution in [2.75, 3.05) is 14.2 Å². The van der Waals surface area contributed by atoms with Crippen LogP contribution >= 0.6 is 0 Å². The zero-order valence-corrected chi connectivity index (χ0v) is 12.5. The number of rotatable bonds is 4. The minimum atomic E-state index is 0.0613. The van der Waals surface area contributed by atoms with Crippen molar-refractivity contribution in [2.45, 2.75) is 20.8 Å². The average molecular weight is 273 g/mol. The van der Waals surface area contributed by atoms with Gasteiger partial charge in [0.1, 0.15) is 11.5 Å². The molecule has 0 atom stereocenters. The summed E-state index contributed by atoms with van der Waals surface area (Å²) < 4.78 is 12.7. The zero-order valence-electron chi connectivity index (χ0n) is 12.5. The van der Waals surface area contributed by atoms with E-state index in [4.69, 9.17) is 9.47 Å². The van der Waals surface area contributed by atoms with E-state index in [2.05, 4.69) is 0 Å². The summed E-state index contributed by atoms with van der Waals surface area (Å²) in [5.74, 6) is 1.55. The van der Waals surface area contributed by atoms with Crippen molar-refractivity contribution in [1.82, 2.24) is 4.57 Å². The Bertz CT molecular complexity index is 656. The maximum Gasteiger partial charge on any atom is 0.161 e. The molecule has 0 aliphatic carbocycles. The molecule has 1 heterocycles. The Hall–Kier alpha value is -2.23. The van der Waals surface area contributed by atoms with Gasteiger partial charge >= 0.3 is 0 Å². The van der Waals surface area contributed by atoms with Crippen molar-refractivity contribution in [2.24, 2.45) is 0 Å². The van der Waals surface area contributed by atoms with Gasteiger partial charge in [-0.3, -0.25) is 4.79 Å². The molecule has 106 valence electrons. The summed E-state index contributed by atoms with van der Waals surface area (Å²) in [4.78, 5) is 11.7. The Kier molecular flexibility index (Phi) is 3.84. The van der Waals surface area contributed by atoms with E-state index in [1.54, 1.807) is 21.1 Å². The minimum absolute atomic E-state index is 0.0613. The van der Waals surface area contributed by atoms with Crippen molar-refractivity contribution < 1.29 is 14.3 Å². The van der Waals surface area contributed by atoms with Crippen molar-refractivity contribution in [3.63, 3.8) is 0 Å². The van der Waals surface area contributed by atoms with E-state index in [-0.39, 0.29) is 5.78 Å². The molecule has 0 N–H and O–H groups in total. The number of ether oxygens (including phenoxy) is 2. The Balaban J connectivity index is 2.70. The molecule has 0 saturated carbocycles. The number of ketones is 1. The van der Waals surface area contributed by atoms with Crippen molar-refractivity contribution in [3.8, 4) is 17.2 Å². The van der Waals surface area contributed by atoms with E-state index < -0.39 is 0 Å². The lowest BCUT2D eigenvalue weighted by atomic mass is 10.2. The summed E-state index contributed by atoms with van der Waals surface area (Å²) in [6.07, 6.45) is 0. The van der Waals surface area contributed by atoms with Crippen molar-refractivity contribution in [1.29, 1.82) is 0 Å². The van der Waals surface area contributed by atoms with Crippen LogP contribution in [0.1, 0.15) is 28.7 Å². The molecule has 0 radical (unpaired) electrons. The fourth-order valence-corrected chi connectivity index (χ4v) is 2.46. The molecule has 0 fully saturated rings. The van der Waals surface area contributed by atoms with Gasteiger partial charge in [-0.2, -0.15) is 0 Å². The Labute approximate surface area is 118 Å². The predicted molar refractivity (Wildman–Crippen MR) is 78.4 cm³/mol. The van der Waals surface area contributed by atoms with Gasteiger partial charge in [0.2, 0.25) is 0 Å². The minimum Gasteiger partial charge on any atom is -0.497 e. The molecule has 1 aromatic heterocycles. The molecule has 4 heteroatoms. The van der Waals surface area contributed by atoms with Crippen LogP contribution in [0.4, 0.5) is 0 Å². The SMILES string of the molecule is COc1ccc(OC)c(-n2c(C)cc(C(C)=O)c2C)c1. The van der Waals surface area contributed by atoms with E-state index in [0.717, 1.165) is 34.1 Å². The number of benzene rings is 1. The number of nitrogens with zero attached hydrogens (tertiary/aromatic N) is 1. The van der Waals surface area contributed by atoms with Crippen LogP contribution in [0.15, 0.2) is 24.3 Å². The molecule has 2 rings (SSSR count). The molecule has 4 nitrogen and oxygen atoms in total. The van der Waals surface area contributed by atoms with Crippen LogP contribution in [0.5, 0.6) is 11.5 Å². The number of hydrogen-bond acceptors (Lipinski definition) is 3. The molecule has 0 unspecified atom stereocenters. The molecule has 20 heavy (non-hydrogen) atoms. The smallest absolute Gasteiger partial charge is 0.161 e. The molecule has 0 bridgehead atoms. The Morgan fingerprint density at radius 1 is 1.10 bits per heavy atom. The second kappa shape index (κ2) is 5.41. The summed E-state index contributed by atoms with van der Waals surface area (Å²) in [5, 5.41) is 0. The quantitative estimate of drug-likeness (QED) is 0.802. The molecule has 0 aliphatic heterocycles. The van der Waals surface area contributed by atoms with Gasteiger partial charge < -0.3 is 14.0 Å². The second-order valence-electron chi connectivity index (χ2n) is 4.71. The van der Waals surface area contributed by atoms with Gasteiger partial charge in [-0.15, -0.1) is 0 Å². The molecule has 0 aliphatic rings. The van der Waals surface area contributed by atoms with Crippen LogP contribution in [0, 0.1) is 13.8 Å². The topological polar surface area (TPSA) is 40.5 Å². The van der Waals surface area contributed by atoms with Gasteiger partial charge in [0, 0.05) is 23.0 Å². The van der Waals surface area contributed by atoms with E-state index in [1.807, 2.05) is 42.7 Å². The van der Waals surface area contributed by atoms with Crippen LogP contribution in [-0.4, -0.2) is 24.6 Å². The number of carbonyl (C=O) groups excluding carboxylic acids is 1. The highest BCUT2D eigenvalue weighted by Gasteiger charge is 2.16. The summed E-state index contributed by atoms with van der Waals surface area (Å²) in [7, 11) is 3.26. The summed E-state index contributed by atoms with van der Waals surface area (Å²) in [6, 6.07) is 7.52. The van der Waals surface area contributed by atoms with Crippen LogP contribution in [0.25, 0.3) is 5.69 Å². The highest BCUT2D eigenvalue weighted by atomic mass is 16.5. The van der Waals surface area contributed by atoms with Gasteiger partial charge in [0.15, 0.2) is 5.78 Å². The predicted octanol–water partition coefficient (Wildman–Crippen LogP) is 3.31. The van der Waals surface area contributed by atoms with Crippen LogP contribution < -0.4 is 9.47 Å². The second-order valence-corrected chi connectivity index (χ2v) is 4.71. The summed E-state index contributed by atoms with van der Waals surface area (Å²) in [6.45, 7) is 5.48. The first-order chi connectivity index (χ1) is 9.49. The first-order valence-corrected chi connectivity index (χ1v) is 6.42. The van der Waals surface area contributed by atoms with Gasteiger partial charge in [-0.25, -0.2) is 0 Å². The molecular weight excluding hydrogens is 254 g/mol. The lowest BCUT2D eigenvalue weighted by Crippen LogP contribution is -2.04. The molecule has 0 spiro atoms. The fourth-order valence-electron chi connectivity index (χ4n) is 2.46. The van der Waals surface area contributed by atoms with E-state index >= 15 is 0 Å². The van der Waals surface area contributed by atoms with Crippen LogP contribution in [0.3, 0.4) is 0 Å². The lowest BCUT2D eigenvalue weighted by molar-refractivity contribution is 0.101. The molecule has 0 saturated heterocycles. The number of carbonyl (C=O) groups is 1. The maximum absolute atomic E-state index is 11.7. The summed E-state index contributed by atoms with van der Waals surface area (Å²) >= 11 is 0. The third-order valence-corrected chi connectivity index (χ3v) is 3.44. The monoisotopic (exact) mass is 273 g/mol. The van der Waals surface area contributed by atoms with E-state index in [1.165, 1.54) is 0 Å². The molecular formula is C16H19NO3. The number of hydrogen-bond donors (Lipinski definition) is 0. The number of Topliss-reactive ketones (excluding diaryl/α,β-unsaturated/α-hetero) is 1. The van der Waals surface area contributed by atoms with Gasteiger partial charge in [-0.05, 0) is 39.0 Å².